The number of aryl methyl sites for hydroxylation is 1. The van der Waals surface area contributed by atoms with Crippen LogP contribution >= 0.6 is 0 Å². The van der Waals surface area contributed by atoms with Gasteiger partial charge in [-0.25, -0.2) is 0 Å². The Labute approximate surface area is 131 Å². The van der Waals surface area contributed by atoms with Gasteiger partial charge < -0.3 is 14.4 Å². The molecular weight excluding hydrogens is 282 g/mol. The highest BCUT2D eigenvalue weighted by Gasteiger charge is 2.32. The van der Waals surface area contributed by atoms with Crippen LogP contribution in [0.5, 0.6) is 0 Å². The van der Waals surface area contributed by atoms with Crippen LogP contribution in [0.2, 0.25) is 0 Å². The molecule has 5 nitrogen and oxygen atoms in total. The minimum Gasteiger partial charge on any atom is -0.481 e. The first kappa shape index (κ1) is 16.6. The van der Waals surface area contributed by atoms with Crippen molar-refractivity contribution >= 4 is 11.9 Å². The number of carbonyl (C=O) groups excluding carboxylic acids is 1. The molecule has 0 aliphatic heterocycles. The van der Waals surface area contributed by atoms with Crippen molar-refractivity contribution in [2.45, 2.75) is 58.9 Å². The van der Waals surface area contributed by atoms with E-state index in [0.717, 1.165) is 25.7 Å². The van der Waals surface area contributed by atoms with Crippen molar-refractivity contribution in [2.75, 3.05) is 7.05 Å². The number of hydrogen-bond acceptors (Lipinski definition) is 3. The van der Waals surface area contributed by atoms with Crippen LogP contribution in [0.1, 0.15) is 61.2 Å². The van der Waals surface area contributed by atoms with Gasteiger partial charge in [0.05, 0.1) is 11.8 Å². The lowest BCUT2D eigenvalue weighted by atomic mass is 9.75. The van der Waals surface area contributed by atoms with Gasteiger partial charge in [-0.15, -0.1) is 0 Å². The Morgan fingerprint density at radius 2 is 1.95 bits per heavy atom. The van der Waals surface area contributed by atoms with Crippen molar-refractivity contribution in [1.82, 2.24) is 4.90 Å². The highest BCUT2D eigenvalue weighted by molar-refractivity contribution is 5.97. The van der Waals surface area contributed by atoms with E-state index in [9.17, 15) is 9.59 Å². The van der Waals surface area contributed by atoms with E-state index in [1.54, 1.807) is 11.8 Å². The predicted molar refractivity (Wildman–Crippen MR) is 82.9 cm³/mol. The number of nitrogens with zero attached hydrogens (tertiary/aromatic N) is 1. The zero-order valence-corrected chi connectivity index (χ0v) is 13.8. The van der Waals surface area contributed by atoms with Crippen LogP contribution in [0, 0.1) is 12.3 Å². The summed E-state index contributed by atoms with van der Waals surface area (Å²) >= 11 is 0. The third-order valence-corrected chi connectivity index (χ3v) is 4.75. The van der Waals surface area contributed by atoms with Crippen LogP contribution in [0.25, 0.3) is 0 Å². The van der Waals surface area contributed by atoms with E-state index in [1.165, 1.54) is 6.26 Å². The van der Waals surface area contributed by atoms with Gasteiger partial charge in [-0.2, -0.15) is 0 Å². The van der Waals surface area contributed by atoms with E-state index >= 15 is 0 Å². The van der Waals surface area contributed by atoms with Gasteiger partial charge in [0.25, 0.3) is 5.91 Å². The Morgan fingerprint density at radius 3 is 2.50 bits per heavy atom. The molecule has 0 radical (unpaired) electrons. The number of rotatable bonds is 4. The molecular formula is C17H25NO4. The molecule has 0 unspecified atom stereocenters. The summed E-state index contributed by atoms with van der Waals surface area (Å²) in [6.07, 6.45) is 5.37. The zero-order chi connectivity index (χ0) is 16.5. The van der Waals surface area contributed by atoms with Gasteiger partial charge in [-0.1, -0.05) is 13.8 Å². The first-order valence-electron chi connectivity index (χ1n) is 7.77. The van der Waals surface area contributed by atoms with Gasteiger partial charge in [-0.3, -0.25) is 9.59 Å². The van der Waals surface area contributed by atoms with E-state index in [2.05, 4.69) is 13.8 Å². The lowest BCUT2D eigenvalue weighted by molar-refractivity contribution is -0.136. The second-order valence-electron chi connectivity index (χ2n) is 7.10. The predicted octanol–water partition coefficient (Wildman–Crippen LogP) is 3.26. The fourth-order valence-corrected chi connectivity index (χ4v) is 3.17. The van der Waals surface area contributed by atoms with Gasteiger partial charge in [0.2, 0.25) is 0 Å². The molecule has 1 fully saturated rings. The molecule has 0 atom stereocenters. The second-order valence-corrected chi connectivity index (χ2v) is 7.10. The van der Waals surface area contributed by atoms with Crippen LogP contribution < -0.4 is 0 Å². The molecule has 1 aromatic rings. The summed E-state index contributed by atoms with van der Waals surface area (Å²) in [6, 6.07) is 0.215. The van der Waals surface area contributed by atoms with Crippen molar-refractivity contribution in [3.63, 3.8) is 0 Å². The summed E-state index contributed by atoms with van der Waals surface area (Å²) in [5.41, 5.74) is 1.46. The number of carboxylic acids is 1. The topological polar surface area (TPSA) is 70.7 Å². The molecule has 1 aromatic heterocycles. The van der Waals surface area contributed by atoms with Crippen molar-refractivity contribution in [3.05, 3.63) is 23.2 Å². The lowest BCUT2D eigenvalue weighted by Crippen LogP contribution is -2.41. The van der Waals surface area contributed by atoms with E-state index in [0.29, 0.717) is 16.5 Å². The van der Waals surface area contributed by atoms with Crippen molar-refractivity contribution in [3.8, 4) is 0 Å². The Bertz CT molecular complexity index is 563. The third kappa shape index (κ3) is 3.51. The molecule has 1 aliphatic carbocycles. The van der Waals surface area contributed by atoms with Gasteiger partial charge in [-0.05, 0) is 38.0 Å². The summed E-state index contributed by atoms with van der Waals surface area (Å²) < 4.78 is 5.27. The Morgan fingerprint density at radius 1 is 1.36 bits per heavy atom. The van der Waals surface area contributed by atoms with Crippen molar-refractivity contribution in [1.29, 1.82) is 0 Å². The molecule has 0 bridgehead atoms. The SMILES string of the molecule is Cc1coc(CC(=O)O)c1C(=O)N(C)C1CCC(C)(C)CC1. The Hall–Kier alpha value is -1.78. The highest BCUT2D eigenvalue weighted by atomic mass is 16.4. The van der Waals surface area contributed by atoms with Crippen molar-refractivity contribution in [2.24, 2.45) is 5.41 Å². The molecule has 1 saturated carbocycles. The number of carbonyl (C=O) groups is 2. The first-order valence-corrected chi connectivity index (χ1v) is 7.77. The van der Waals surface area contributed by atoms with Crippen LogP contribution in [0.3, 0.4) is 0 Å². The monoisotopic (exact) mass is 307 g/mol. The summed E-state index contributed by atoms with van der Waals surface area (Å²) in [5.74, 6) is -0.879. The minimum absolute atomic E-state index is 0.132. The van der Waals surface area contributed by atoms with E-state index < -0.39 is 5.97 Å². The molecule has 0 spiro atoms. The van der Waals surface area contributed by atoms with E-state index in [4.69, 9.17) is 9.52 Å². The molecule has 0 aromatic carbocycles. The largest absolute Gasteiger partial charge is 0.481 e. The van der Waals surface area contributed by atoms with E-state index in [1.807, 2.05) is 7.05 Å². The fourth-order valence-electron chi connectivity index (χ4n) is 3.17. The smallest absolute Gasteiger partial charge is 0.311 e. The Balaban J connectivity index is 2.14. The highest BCUT2D eigenvalue weighted by Crippen LogP contribution is 2.37. The fraction of sp³-hybridized carbons (Fsp3) is 0.647. The standard InChI is InChI=1S/C17H25NO4/c1-11-10-22-13(9-14(19)20)15(11)16(21)18(4)12-5-7-17(2,3)8-6-12/h10,12H,5-9H2,1-4H3,(H,19,20). The normalized spacial score (nSPS) is 18.2. The van der Waals surface area contributed by atoms with Crippen LogP contribution in [0.4, 0.5) is 0 Å². The lowest BCUT2D eigenvalue weighted by Gasteiger charge is -2.38. The summed E-state index contributed by atoms with van der Waals surface area (Å²) in [7, 11) is 1.81. The summed E-state index contributed by atoms with van der Waals surface area (Å²) in [5, 5.41) is 8.94. The van der Waals surface area contributed by atoms with Gasteiger partial charge >= 0.3 is 5.97 Å². The summed E-state index contributed by atoms with van der Waals surface area (Å²) in [4.78, 5) is 25.4. The maximum Gasteiger partial charge on any atom is 0.311 e. The first-order chi connectivity index (χ1) is 10.2. The number of carboxylic acid groups (broad SMARTS) is 1. The van der Waals surface area contributed by atoms with Crippen LogP contribution in [-0.2, 0) is 11.2 Å². The Kier molecular flexibility index (Phi) is 4.63. The van der Waals surface area contributed by atoms with Crippen LogP contribution in [0.15, 0.2) is 10.7 Å². The maximum atomic E-state index is 12.8. The quantitative estimate of drug-likeness (QED) is 0.927. The van der Waals surface area contributed by atoms with E-state index in [-0.39, 0.29) is 24.1 Å². The molecule has 5 heteroatoms. The molecule has 2 rings (SSSR count). The van der Waals surface area contributed by atoms with Gasteiger partial charge in [0.1, 0.15) is 12.2 Å². The minimum atomic E-state index is -0.995. The third-order valence-electron chi connectivity index (χ3n) is 4.75. The molecule has 122 valence electrons. The average Bonchev–Trinajstić information content (AvgIpc) is 2.77. The second kappa shape index (κ2) is 6.15. The zero-order valence-electron chi connectivity index (χ0n) is 13.8. The number of hydrogen-bond donors (Lipinski definition) is 1. The molecule has 22 heavy (non-hydrogen) atoms. The number of furan rings is 1. The molecule has 1 amide bonds. The van der Waals surface area contributed by atoms with Crippen LogP contribution in [-0.4, -0.2) is 35.0 Å². The average molecular weight is 307 g/mol. The number of amides is 1. The summed E-state index contributed by atoms with van der Waals surface area (Å²) in [6.45, 7) is 6.30. The van der Waals surface area contributed by atoms with Crippen molar-refractivity contribution < 1.29 is 19.1 Å². The maximum absolute atomic E-state index is 12.8. The van der Waals surface area contributed by atoms with Gasteiger partial charge in [0, 0.05) is 18.7 Å². The molecule has 1 aliphatic rings. The van der Waals surface area contributed by atoms with Gasteiger partial charge in [0.15, 0.2) is 0 Å². The molecule has 1 N–H and O–H groups in total. The molecule has 0 saturated heterocycles. The molecule has 1 heterocycles. The number of aliphatic carboxylic acids is 1.